The Morgan fingerprint density at radius 2 is 1.94 bits per heavy atom. The Balaban J connectivity index is 2.11. The van der Waals surface area contributed by atoms with Crippen LogP contribution >= 0.6 is 0 Å². The van der Waals surface area contributed by atoms with E-state index in [0.717, 1.165) is 11.4 Å². The van der Waals surface area contributed by atoms with E-state index in [1.165, 1.54) is 12.1 Å². The summed E-state index contributed by atoms with van der Waals surface area (Å²) in [5, 5.41) is 6.90. The zero-order chi connectivity index (χ0) is 11.5. The van der Waals surface area contributed by atoms with Crippen molar-refractivity contribution in [3.8, 4) is 0 Å². The summed E-state index contributed by atoms with van der Waals surface area (Å²) in [5.41, 5.74) is 1.00. The van der Waals surface area contributed by atoms with Crippen LogP contribution < -0.4 is 4.90 Å². The maximum atomic E-state index is 12.7. The molecule has 0 radical (unpaired) electrons. The molecule has 5 heteroatoms. The quantitative estimate of drug-likeness (QED) is 0.854. The summed E-state index contributed by atoms with van der Waals surface area (Å²) in [5.74, 6) is 1.20. The third kappa shape index (κ3) is 2.36. The van der Waals surface area contributed by atoms with Gasteiger partial charge in [-0.15, -0.1) is 5.10 Å². The molecule has 0 fully saturated rings. The highest BCUT2D eigenvalue weighted by atomic mass is 19.1. The summed E-state index contributed by atoms with van der Waals surface area (Å²) >= 11 is 0. The van der Waals surface area contributed by atoms with Crippen molar-refractivity contribution in [3.05, 3.63) is 41.5 Å². The van der Waals surface area contributed by atoms with Crippen LogP contribution in [-0.2, 0) is 6.42 Å². The normalized spacial score (nSPS) is 10.4. The SMILES string of the molecule is CN(C)c1n[nH]c(Cc2ccc(F)cc2)n1. The highest BCUT2D eigenvalue weighted by Crippen LogP contribution is 2.09. The van der Waals surface area contributed by atoms with Gasteiger partial charge in [0.25, 0.3) is 0 Å². The number of anilines is 1. The molecule has 0 spiro atoms. The molecule has 1 aromatic carbocycles. The van der Waals surface area contributed by atoms with E-state index in [1.807, 2.05) is 19.0 Å². The number of H-pyrrole nitrogens is 1. The van der Waals surface area contributed by atoms with Crippen molar-refractivity contribution in [2.75, 3.05) is 19.0 Å². The molecule has 1 N–H and O–H groups in total. The molecule has 0 saturated heterocycles. The number of aromatic nitrogens is 3. The average molecular weight is 220 g/mol. The maximum Gasteiger partial charge on any atom is 0.244 e. The van der Waals surface area contributed by atoms with E-state index < -0.39 is 0 Å². The summed E-state index contributed by atoms with van der Waals surface area (Å²) in [6.07, 6.45) is 0.626. The fourth-order valence-corrected chi connectivity index (χ4v) is 1.36. The molecule has 4 nitrogen and oxygen atoms in total. The lowest BCUT2D eigenvalue weighted by Gasteiger charge is -2.03. The Hall–Kier alpha value is -1.91. The molecule has 1 heterocycles. The monoisotopic (exact) mass is 220 g/mol. The van der Waals surface area contributed by atoms with Crippen LogP contribution in [0.5, 0.6) is 0 Å². The van der Waals surface area contributed by atoms with Gasteiger partial charge in [-0.05, 0) is 17.7 Å². The number of halogens is 1. The molecule has 0 bridgehead atoms. The summed E-state index contributed by atoms with van der Waals surface area (Å²) in [4.78, 5) is 6.12. The van der Waals surface area contributed by atoms with Gasteiger partial charge in [-0.2, -0.15) is 4.98 Å². The molecule has 0 aliphatic carbocycles. The molecule has 84 valence electrons. The number of nitrogens with one attached hydrogen (secondary N) is 1. The van der Waals surface area contributed by atoms with Crippen molar-refractivity contribution in [1.29, 1.82) is 0 Å². The number of aromatic amines is 1. The van der Waals surface area contributed by atoms with Crippen LogP contribution in [0, 0.1) is 5.82 Å². The average Bonchev–Trinajstić information content (AvgIpc) is 2.70. The lowest BCUT2D eigenvalue weighted by Crippen LogP contribution is -2.10. The maximum absolute atomic E-state index is 12.7. The number of benzene rings is 1. The van der Waals surface area contributed by atoms with E-state index in [2.05, 4.69) is 15.2 Å². The fraction of sp³-hybridized carbons (Fsp3) is 0.273. The van der Waals surface area contributed by atoms with E-state index in [4.69, 9.17) is 0 Å². The molecule has 2 rings (SSSR count). The Labute approximate surface area is 93.1 Å². The summed E-state index contributed by atoms with van der Waals surface area (Å²) in [6.45, 7) is 0. The van der Waals surface area contributed by atoms with Crippen LogP contribution in [0.3, 0.4) is 0 Å². The first-order valence-electron chi connectivity index (χ1n) is 4.98. The van der Waals surface area contributed by atoms with E-state index >= 15 is 0 Å². The topological polar surface area (TPSA) is 44.8 Å². The van der Waals surface area contributed by atoms with Gasteiger partial charge in [0.1, 0.15) is 11.6 Å². The van der Waals surface area contributed by atoms with Crippen molar-refractivity contribution < 1.29 is 4.39 Å². The van der Waals surface area contributed by atoms with Crippen molar-refractivity contribution in [2.45, 2.75) is 6.42 Å². The van der Waals surface area contributed by atoms with E-state index in [0.29, 0.717) is 12.4 Å². The second kappa shape index (κ2) is 4.30. The molecule has 2 aromatic rings. The number of nitrogens with zero attached hydrogens (tertiary/aromatic N) is 3. The van der Waals surface area contributed by atoms with Gasteiger partial charge in [0.2, 0.25) is 5.95 Å². The minimum absolute atomic E-state index is 0.227. The van der Waals surface area contributed by atoms with Crippen molar-refractivity contribution in [3.63, 3.8) is 0 Å². The van der Waals surface area contributed by atoms with Gasteiger partial charge in [0.15, 0.2) is 0 Å². The Bertz CT molecular complexity index is 461. The van der Waals surface area contributed by atoms with Crippen LogP contribution in [0.2, 0.25) is 0 Å². The van der Waals surface area contributed by atoms with Crippen LogP contribution in [0.25, 0.3) is 0 Å². The molecule has 0 amide bonds. The largest absolute Gasteiger partial charge is 0.346 e. The Morgan fingerprint density at radius 3 is 2.50 bits per heavy atom. The first kappa shape index (κ1) is 10.6. The summed E-state index contributed by atoms with van der Waals surface area (Å²) in [6, 6.07) is 6.37. The van der Waals surface area contributed by atoms with E-state index in [1.54, 1.807) is 12.1 Å². The lowest BCUT2D eigenvalue weighted by atomic mass is 10.1. The van der Waals surface area contributed by atoms with Crippen LogP contribution in [0.1, 0.15) is 11.4 Å². The van der Waals surface area contributed by atoms with Crippen molar-refractivity contribution in [1.82, 2.24) is 15.2 Å². The second-order valence-electron chi connectivity index (χ2n) is 3.78. The van der Waals surface area contributed by atoms with Gasteiger partial charge >= 0.3 is 0 Å². The zero-order valence-corrected chi connectivity index (χ0v) is 9.24. The number of rotatable bonds is 3. The lowest BCUT2D eigenvalue weighted by molar-refractivity contribution is 0.627. The number of hydrogen-bond acceptors (Lipinski definition) is 3. The van der Waals surface area contributed by atoms with Crippen molar-refractivity contribution in [2.24, 2.45) is 0 Å². The third-order valence-electron chi connectivity index (χ3n) is 2.20. The summed E-state index contributed by atoms with van der Waals surface area (Å²) in [7, 11) is 3.76. The van der Waals surface area contributed by atoms with Gasteiger partial charge in [0.05, 0.1) is 0 Å². The molecule has 0 saturated carbocycles. The smallest absolute Gasteiger partial charge is 0.244 e. The molecular weight excluding hydrogens is 207 g/mol. The van der Waals surface area contributed by atoms with Gasteiger partial charge < -0.3 is 4.90 Å². The van der Waals surface area contributed by atoms with E-state index in [-0.39, 0.29) is 5.82 Å². The zero-order valence-electron chi connectivity index (χ0n) is 9.24. The predicted molar refractivity (Wildman–Crippen MR) is 59.9 cm³/mol. The van der Waals surface area contributed by atoms with Gasteiger partial charge in [0, 0.05) is 20.5 Å². The highest BCUT2D eigenvalue weighted by Gasteiger charge is 2.05. The molecule has 0 aliphatic heterocycles. The third-order valence-corrected chi connectivity index (χ3v) is 2.20. The minimum atomic E-state index is -0.227. The van der Waals surface area contributed by atoms with E-state index in [9.17, 15) is 4.39 Å². The fourth-order valence-electron chi connectivity index (χ4n) is 1.36. The summed E-state index contributed by atoms with van der Waals surface area (Å²) < 4.78 is 12.7. The number of hydrogen-bond donors (Lipinski definition) is 1. The predicted octanol–water partition coefficient (Wildman–Crippen LogP) is 1.60. The van der Waals surface area contributed by atoms with Gasteiger partial charge in [-0.25, -0.2) is 4.39 Å². The molecule has 0 atom stereocenters. The van der Waals surface area contributed by atoms with Crippen molar-refractivity contribution >= 4 is 5.95 Å². The first-order chi connectivity index (χ1) is 7.65. The highest BCUT2D eigenvalue weighted by molar-refractivity contribution is 5.27. The Kier molecular flexibility index (Phi) is 2.85. The van der Waals surface area contributed by atoms with Crippen LogP contribution in [0.15, 0.2) is 24.3 Å². The molecular formula is C11H13FN4. The molecule has 0 aliphatic rings. The molecule has 16 heavy (non-hydrogen) atoms. The minimum Gasteiger partial charge on any atom is -0.346 e. The standard InChI is InChI=1S/C11H13FN4/c1-16(2)11-13-10(14-15-11)7-8-3-5-9(12)6-4-8/h3-6H,7H2,1-2H3,(H,13,14,15). The Morgan fingerprint density at radius 1 is 1.25 bits per heavy atom. The van der Waals surface area contributed by atoms with Crippen LogP contribution in [-0.4, -0.2) is 29.3 Å². The van der Waals surface area contributed by atoms with Gasteiger partial charge in [-0.1, -0.05) is 12.1 Å². The van der Waals surface area contributed by atoms with Gasteiger partial charge in [-0.3, -0.25) is 5.10 Å². The first-order valence-corrected chi connectivity index (χ1v) is 4.98. The van der Waals surface area contributed by atoms with Crippen LogP contribution in [0.4, 0.5) is 10.3 Å². The molecule has 1 aromatic heterocycles. The molecule has 0 unspecified atom stereocenters. The second-order valence-corrected chi connectivity index (χ2v) is 3.78.